The van der Waals surface area contributed by atoms with E-state index < -0.39 is 10.0 Å². The van der Waals surface area contributed by atoms with Crippen LogP contribution in [-0.4, -0.2) is 51.2 Å². The predicted molar refractivity (Wildman–Crippen MR) is 79.2 cm³/mol. The highest BCUT2D eigenvalue weighted by Gasteiger charge is 2.32. The quantitative estimate of drug-likeness (QED) is 0.891. The van der Waals surface area contributed by atoms with E-state index in [2.05, 4.69) is 5.32 Å². The van der Waals surface area contributed by atoms with E-state index in [0.717, 1.165) is 5.69 Å². The largest absolute Gasteiger partial charge is 0.490 e. The SMILES string of the molecule is CC1CN(S(=O)(=O)c2ccc3c(c2)NCCO3)CC(C)O1. The van der Waals surface area contributed by atoms with Gasteiger partial charge in [0.15, 0.2) is 0 Å². The molecular formula is C14H20N2O4S. The lowest BCUT2D eigenvalue weighted by atomic mass is 10.2. The van der Waals surface area contributed by atoms with Crippen LogP contribution in [0.4, 0.5) is 5.69 Å². The summed E-state index contributed by atoms with van der Waals surface area (Å²) in [5.41, 5.74) is 0.733. The van der Waals surface area contributed by atoms with Gasteiger partial charge < -0.3 is 14.8 Å². The smallest absolute Gasteiger partial charge is 0.243 e. The number of anilines is 1. The van der Waals surface area contributed by atoms with Crippen LogP contribution in [0.3, 0.4) is 0 Å². The topological polar surface area (TPSA) is 67.9 Å². The molecule has 116 valence electrons. The molecule has 21 heavy (non-hydrogen) atoms. The van der Waals surface area contributed by atoms with Gasteiger partial charge in [0, 0.05) is 19.6 Å². The Hall–Kier alpha value is -1.31. The number of rotatable bonds is 2. The first kappa shape index (κ1) is 14.6. The number of morpholine rings is 1. The standard InChI is InChI=1S/C14H20N2O4S/c1-10-8-16(9-11(2)20-10)21(17,18)12-3-4-14-13(7-12)15-5-6-19-14/h3-4,7,10-11,15H,5-6,8-9H2,1-2H3. The van der Waals surface area contributed by atoms with Gasteiger partial charge in [0.05, 0.1) is 22.8 Å². The minimum atomic E-state index is -3.50. The lowest BCUT2D eigenvalue weighted by Gasteiger charge is -2.34. The number of sulfonamides is 1. The summed E-state index contributed by atoms with van der Waals surface area (Å²) in [7, 11) is -3.50. The molecule has 0 aromatic heterocycles. The molecule has 0 amide bonds. The molecule has 1 fully saturated rings. The molecule has 1 saturated heterocycles. The van der Waals surface area contributed by atoms with Crippen molar-refractivity contribution in [1.82, 2.24) is 4.31 Å². The molecule has 0 aliphatic carbocycles. The molecule has 1 N–H and O–H groups in total. The third-order valence-electron chi connectivity index (χ3n) is 3.65. The molecule has 2 unspecified atom stereocenters. The van der Waals surface area contributed by atoms with Crippen molar-refractivity contribution in [3.8, 4) is 5.75 Å². The van der Waals surface area contributed by atoms with E-state index in [-0.39, 0.29) is 12.2 Å². The van der Waals surface area contributed by atoms with Crippen molar-refractivity contribution in [3.05, 3.63) is 18.2 Å². The van der Waals surface area contributed by atoms with Crippen molar-refractivity contribution in [2.24, 2.45) is 0 Å². The number of nitrogens with one attached hydrogen (secondary N) is 1. The second-order valence-corrected chi connectivity index (χ2v) is 7.45. The second kappa shape index (κ2) is 5.47. The molecule has 2 aliphatic rings. The Balaban J connectivity index is 1.91. The van der Waals surface area contributed by atoms with Crippen LogP contribution in [-0.2, 0) is 14.8 Å². The monoisotopic (exact) mass is 312 g/mol. The van der Waals surface area contributed by atoms with Gasteiger partial charge in [-0.05, 0) is 32.0 Å². The Bertz CT molecular complexity index is 622. The molecule has 0 radical (unpaired) electrons. The molecular weight excluding hydrogens is 292 g/mol. The average Bonchev–Trinajstić information content (AvgIpc) is 2.45. The zero-order valence-electron chi connectivity index (χ0n) is 12.2. The van der Waals surface area contributed by atoms with Gasteiger partial charge in [0.25, 0.3) is 0 Å². The summed E-state index contributed by atoms with van der Waals surface area (Å²) in [5, 5.41) is 3.16. The van der Waals surface area contributed by atoms with Gasteiger partial charge in [0.2, 0.25) is 10.0 Å². The van der Waals surface area contributed by atoms with Crippen molar-refractivity contribution in [2.45, 2.75) is 31.0 Å². The fraction of sp³-hybridized carbons (Fsp3) is 0.571. The van der Waals surface area contributed by atoms with E-state index >= 15 is 0 Å². The summed E-state index contributed by atoms with van der Waals surface area (Å²) in [4.78, 5) is 0.292. The highest BCUT2D eigenvalue weighted by Crippen LogP contribution is 2.31. The van der Waals surface area contributed by atoms with E-state index in [0.29, 0.717) is 36.9 Å². The number of benzene rings is 1. The molecule has 3 rings (SSSR count). The first-order chi connectivity index (χ1) is 9.96. The van der Waals surface area contributed by atoms with Gasteiger partial charge in [-0.25, -0.2) is 8.42 Å². The van der Waals surface area contributed by atoms with Gasteiger partial charge in [-0.2, -0.15) is 4.31 Å². The Morgan fingerprint density at radius 1 is 1.24 bits per heavy atom. The van der Waals surface area contributed by atoms with Crippen LogP contribution in [0.2, 0.25) is 0 Å². The summed E-state index contributed by atoms with van der Waals surface area (Å²) >= 11 is 0. The van der Waals surface area contributed by atoms with Crippen molar-refractivity contribution in [1.29, 1.82) is 0 Å². The maximum atomic E-state index is 12.8. The zero-order chi connectivity index (χ0) is 15.0. The molecule has 0 saturated carbocycles. The highest BCUT2D eigenvalue weighted by atomic mass is 32.2. The van der Waals surface area contributed by atoms with Gasteiger partial charge in [-0.1, -0.05) is 0 Å². The summed E-state index contributed by atoms with van der Waals surface area (Å²) in [6.07, 6.45) is -0.190. The van der Waals surface area contributed by atoms with E-state index in [1.807, 2.05) is 13.8 Å². The first-order valence-corrected chi connectivity index (χ1v) is 8.57. The van der Waals surface area contributed by atoms with E-state index in [1.54, 1.807) is 18.2 Å². The number of nitrogens with zero attached hydrogens (tertiary/aromatic N) is 1. The second-order valence-electron chi connectivity index (χ2n) is 5.51. The summed E-state index contributed by atoms with van der Waals surface area (Å²) < 4.78 is 38.1. The minimum Gasteiger partial charge on any atom is -0.490 e. The average molecular weight is 312 g/mol. The number of hydrogen-bond acceptors (Lipinski definition) is 5. The van der Waals surface area contributed by atoms with Gasteiger partial charge >= 0.3 is 0 Å². The Kier molecular flexibility index (Phi) is 3.81. The third-order valence-corrected chi connectivity index (χ3v) is 5.48. The molecule has 7 heteroatoms. The zero-order valence-corrected chi connectivity index (χ0v) is 13.0. The Morgan fingerprint density at radius 2 is 1.95 bits per heavy atom. The number of fused-ring (bicyclic) bond motifs is 1. The molecule has 6 nitrogen and oxygen atoms in total. The lowest BCUT2D eigenvalue weighted by Crippen LogP contribution is -2.48. The Morgan fingerprint density at radius 3 is 2.67 bits per heavy atom. The van der Waals surface area contributed by atoms with Crippen LogP contribution in [0, 0.1) is 0 Å². The van der Waals surface area contributed by atoms with Crippen molar-refractivity contribution in [2.75, 3.05) is 31.6 Å². The van der Waals surface area contributed by atoms with E-state index in [1.165, 1.54) is 4.31 Å². The van der Waals surface area contributed by atoms with Gasteiger partial charge in [-0.15, -0.1) is 0 Å². The fourth-order valence-electron chi connectivity index (χ4n) is 2.76. The molecule has 2 aliphatic heterocycles. The summed E-state index contributed by atoms with van der Waals surface area (Å²) in [5.74, 6) is 0.698. The molecule has 2 atom stereocenters. The van der Waals surface area contributed by atoms with Crippen molar-refractivity contribution >= 4 is 15.7 Å². The molecule has 1 aromatic rings. The normalized spacial score (nSPS) is 26.6. The van der Waals surface area contributed by atoms with E-state index in [9.17, 15) is 8.42 Å². The predicted octanol–water partition coefficient (Wildman–Crippen LogP) is 1.29. The number of hydrogen-bond donors (Lipinski definition) is 1. The summed E-state index contributed by atoms with van der Waals surface area (Å²) in [6, 6.07) is 4.96. The fourth-order valence-corrected chi connectivity index (χ4v) is 4.37. The van der Waals surface area contributed by atoms with Gasteiger partial charge in [-0.3, -0.25) is 0 Å². The lowest BCUT2D eigenvalue weighted by molar-refractivity contribution is -0.0440. The maximum Gasteiger partial charge on any atom is 0.243 e. The summed E-state index contributed by atoms with van der Waals surface area (Å²) in [6.45, 7) is 5.82. The molecule has 1 aromatic carbocycles. The molecule has 2 heterocycles. The van der Waals surface area contributed by atoms with Crippen LogP contribution >= 0.6 is 0 Å². The van der Waals surface area contributed by atoms with Crippen molar-refractivity contribution < 1.29 is 17.9 Å². The maximum absolute atomic E-state index is 12.8. The highest BCUT2D eigenvalue weighted by molar-refractivity contribution is 7.89. The molecule has 0 bridgehead atoms. The van der Waals surface area contributed by atoms with E-state index in [4.69, 9.17) is 9.47 Å². The Labute approximate surface area is 125 Å². The first-order valence-electron chi connectivity index (χ1n) is 7.13. The van der Waals surface area contributed by atoms with Gasteiger partial charge in [0.1, 0.15) is 12.4 Å². The van der Waals surface area contributed by atoms with Crippen LogP contribution < -0.4 is 10.1 Å². The minimum absolute atomic E-state index is 0.0948. The van der Waals surface area contributed by atoms with Crippen LogP contribution in [0.5, 0.6) is 5.75 Å². The number of ether oxygens (including phenoxy) is 2. The van der Waals surface area contributed by atoms with Crippen molar-refractivity contribution in [3.63, 3.8) is 0 Å². The van der Waals surface area contributed by atoms with Crippen LogP contribution in [0.25, 0.3) is 0 Å². The van der Waals surface area contributed by atoms with Crippen LogP contribution in [0.1, 0.15) is 13.8 Å². The molecule has 0 spiro atoms. The third kappa shape index (κ3) is 2.86. The van der Waals surface area contributed by atoms with Crippen LogP contribution in [0.15, 0.2) is 23.1 Å².